The number of guanidine groups is 1. The number of rotatable bonds is 9. The van der Waals surface area contributed by atoms with Crippen LogP contribution in [0.25, 0.3) is 0 Å². The molecule has 2 N–H and O–H groups in total. The summed E-state index contributed by atoms with van der Waals surface area (Å²) in [6.45, 7) is 4.41. The molecule has 1 unspecified atom stereocenters. The molecular weight excluding hydrogens is 539 g/mol. The number of benzene rings is 2. The van der Waals surface area contributed by atoms with Gasteiger partial charge in [0.05, 0.1) is 25.9 Å². The van der Waals surface area contributed by atoms with E-state index in [4.69, 9.17) is 4.74 Å². The third-order valence-electron chi connectivity index (χ3n) is 6.10. The summed E-state index contributed by atoms with van der Waals surface area (Å²) in [6, 6.07) is 18.9. The van der Waals surface area contributed by atoms with E-state index in [1.165, 1.54) is 24.0 Å². The lowest BCUT2D eigenvalue weighted by Gasteiger charge is -2.30. The van der Waals surface area contributed by atoms with Crippen molar-refractivity contribution in [1.29, 1.82) is 0 Å². The van der Waals surface area contributed by atoms with E-state index in [1.54, 1.807) is 7.11 Å². The predicted molar refractivity (Wildman–Crippen MR) is 148 cm³/mol. The van der Waals surface area contributed by atoms with Crippen molar-refractivity contribution >= 4 is 29.9 Å². The van der Waals surface area contributed by atoms with E-state index in [0.29, 0.717) is 6.54 Å². The highest BCUT2D eigenvalue weighted by Crippen LogP contribution is 2.31. The number of hydrogen-bond donors (Lipinski definition) is 2. The minimum absolute atomic E-state index is 0. The van der Waals surface area contributed by atoms with Crippen molar-refractivity contribution in [1.82, 2.24) is 25.3 Å². The summed E-state index contributed by atoms with van der Waals surface area (Å²) in [6.07, 6.45) is 6.47. The first kappa shape index (κ1) is 26.0. The zero-order chi connectivity index (χ0) is 22.9. The zero-order valence-electron chi connectivity index (χ0n) is 20.0. The van der Waals surface area contributed by atoms with E-state index in [0.717, 1.165) is 43.5 Å². The Morgan fingerprint density at radius 2 is 1.76 bits per heavy atom. The summed E-state index contributed by atoms with van der Waals surface area (Å²) in [7, 11) is 3.55. The maximum Gasteiger partial charge on any atom is 0.191 e. The molecule has 1 fully saturated rings. The normalized spacial score (nSPS) is 14.9. The van der Waals surface area contributed by atoms with E-state index in [9.17, 15) is 0 Å². The number of aliphatic imine (C=N–C) groups is 1. The van der Waals surface area contributed by atoms with Crippen molar-refractivity contribution in [2.24, 2.45) is 4.99 Å². The summed E-state index contributed by atoms with van der Waals surface area (Å²) in [5.41, 5.74) is 3.57. The molecule has 4 rings (SSSR count). The van der Waals surface area contributed by atoms with Gasteiger partial charge in [0.2, 0.25) is 0 Å². The molecule has 0 radical (unpaired) electrons. The Morgan fingerprint density at radius 1 is 1.03 bits per heavy atom. The Kier molecular flexibility index (Phi) is 10.2. The number of nitrogens with zero attached hydrogens (tertiary/aromatic N) is 4. The molecular formula is C26H35IN6O. The fourth-order valence-corrected chi connectivity index (χ4v) is 4.39. The van der Waals surface area contributed by atoms with Crippen LogP contribution < -0.4 is 15.4 Å². The highest BCUT2D eigenvalue weighted by Gasteiger charge is 2.26. The van der Waals surface area contributed by atoms with Crippen LogP contribution in [0.5, 0.6) is 5.75 Å². The summed E-state index contributed by atoms with van der Waals surface area (Å²) >= 11 is 0. The SMILES string of the molecule is CN=C(NCc1cnn(Cc2ccccc2)c1)NCC(c1ccccc1OC)N1CCCC1.I. The van der Waals surface area contributed by atoms with Crippen molar-refractivity contribution in [3.05, 3.63) is 83.7 Å². The molecule has 1 aromatic heterocycles. The highest BCUT2D eigenvalue weighted by molar-refractivity contribution is 14.0. The molecule has 2 heterocycles. The average molecular weight is 575 g/mol. The number of hydrogen-bond acceptors (Lipinski definition) is 4. The molecule has 1 aliphatic heterocycles. The third-order valence-corrected chi connectivity index (χ3v) is 6.10. The predicted octanol–water partition coefficient (Wildman–Crippen LogP) is 4.06. The number of ether oxygens (including phenoxy) is 1. The van der Waals surface area contributed by atoms with Gasteiger partial charge in [-0.3, -0.25) is 14.6 Å². The average Bonchev–Trinajstić information content (AvgIpc) is 3.55. The largest absolute Gasteiger partial charge is 0.496 e. The third kappa shape index (κ3) is 6.96. The monoisotopic (exact) mass is 574 g/mol. The van der Waals surface area contributed by atoms with Gasteiger partial charge in [-0.05, 0) is 37.6 Å². The van der Waals surface area contributed by atoms with Crippen LogP contribution in [0.15, 0.2) is 72.0 Å². The van der Waals surface area contributed by atoms with Gasteiger partial charge in [-0.2, -0.15) is 5.10 Å². The molecule has 0 saturated carbocycles. The fraction of sp³-hybridized carbons (Fsp3) is 0.385. The maximum absolute atomic E-state index is 5.66. The molecule has 1 aliphatic rings. The van der Waals surface area contributed by atoms with Crippen LogP contribution in [0, 0.1) is 0 Å². The number of likely N-dealkylation sites (tertiary alicyclic amines) is 1. The first-order chi connectivity index (χ1) is 16.3. The molecule has 3 aromatic rings. The van der Waals surface area contributed by atoms with Gasteiger partial charge in [-0.25, -0.2) is 0 Å². The van der Waals surface area contributed by atoms with Crippen LogP contribution in [0.4, 0.5) is 0 Å². The van der Waals surface area contributed by atoms with Gasteiger partial charge in [-0.15, -0.1) is 24.0 Å². The van der Waals surface area contributed by atoms with Crippen molar-refractivity contribution in [2.45, 2.75) is 32.0 Å². The van der Waals surface area contributed by atoms with Crippen LogP contribution in [-0.4, -0.2) is 54.4 Å². The molecule has 2 aromatic carbocycles. The molecule has 0 bridgehead atoms. The molecule has 34 heavy (non-hydrogen) atoms. The van der Waals surface area contributed by atoms with Gasteiger partial charge in [-0.1, -0.05) is 48.5 Å². The fourth-order valence-electron chi connectivity index (χ4n) is 4.39. The van der Waals surface area contributed by atoms with Gasteiger partial charge in [0.15, 0.2) is 5.96 Å². The highest BCUT2D eigenvalue weighted by atomic mass is 127. The van der Waals surface area contributed by atoms with Gasteiger partial charge in [0, 0.05) is 37.5 Å². The van der Waals surface area contributed by atoms with Crippen molar-refractivity contribution < 1.29 is 4.74 Å². The van der Waals surface area contributed by atoms with E-state index in [1.807, 2.05) is 36.1 Å². The van der Waals surface area contributed by atoms with Crippen LogP contribution in [0.1, 0.15) is 35.6 Å². The van der Waals surface area contributed by atoms with Gasteiger partial charge >= 0.3 is 0 Å². The molecule has 0 aliphatic carbocycles. The molecule has 8 heteroatoms. The zero-order valence-corrected chi connectivity index (χ0v) is 22.3. The van der Waals surface area contributed by atoms with Crippen LogP contribution >= 0.6 is 24.0 Å². The van der Waals surface area contributed by atoms with Crippen molar-refractivity contribution in [3.8, 4) is 5.75 Å². The number of nitrogens with one attached hydrogen (secondary N) is 2. The summed E-state index contributed by atoms with van der Waals surface area (Å²) < 4.78 is 7.63. The first-order valence-electron chi connectivity index (χ1n) is 11.6. The van der Waals surface area contributed by atoms with E-state index >= 15 is 0 Å². The Bertz CT molecular complexity index is 1030. The maximum atomic E-state index is 5.66. The smallest absolute Gasteiger partial charge is 0.191 e. The lowest BCUT2D eigenvalue weighted by molar-refractivity contribution is 0.239. The summed E-state index contributed by atoms with van der Waals surface area (Å²) in [5.74, 6) is 1.72. The van der Waals surface area contributed by atoms with E-state index < -0.39 is 0 Å². The topological polar surface area (TPSA) is 66.7 Å². The Morgan fingerprint density at radius 3 is 2.50 bits per heavy atom. The molecule has 182 valence electrons. The van der Waals surface area contributed by atoms with E-state index in [2.05, 4.69) is 68.2 Å². The lowest BCUT2D eigenvalue weighted by Crippen LogP contribution is -2.42. The van der Waals surface area contributed by atoms with Crippen LogP contribution in [0.3, 0.4) is 0 Å². The van der Waals surface area contributed by atoms with Gasteiger partial charge < -0.3 is 15.4 Å². The second kappa shape index (κ2) is 13.3. The minimum Gasteiger partial charge on any atom is -0.496 e. The first-order valence-corrected chi connectivity index (χ1v) is 11.6. The van der Waals surface area contributed by atoms with Crippen LogP contribution in [-0.2, 0) is 13.1 Å². The summed E-state index contributed by atoms with van der Waals surface area (Å²) in [4.78, 5) is 6.96. The molecule has 1 saturated heterocycles. The molecule has 7 nitrogen and oxygen atoms in total. The Labute approximate surface area is 219 Å². The molecule has 1 atom stereocenters. The number of halogens is 1. The Balaban J connectivity index is 0.00000324. The molecule has 0 amide bonds. The van der Waals surface area contributed by atoms with Gasteiger partial charge in [0.25, 0.3) is 0 Å². The molecule has 0 spiro atoms. The van der Waals surface area contributed by atoms with Crippen molar-refractivity contribution in [3.63, 3.8) is 0 Å². The quantitative estimate of drug-likeness (QED) is 0.229. The second-order valence-corrected chi connectivity index (χ2v) is 8.34. The number of aromatic nitrogens is 2. The van der Waals surface area contributed by atoms with Gasteiger partial charge in [0.1, 0.15) is 5.75 Å². The van der Waals surface area contributed by atoms with Crippen molar-refractivity contribution in [2.75, 3.05) is 33.8 Å². The lowest BCUT2D eigenvalue weighted by atomic mass is 10.0. The number of methoxy groups -OCH3 is 1. The minimum atomic E-state index is 0. The van der Waals surface area contributed by atoms with Crippen LogP contribution in [0.2, 0.25) is 0 Å². The van der Waals surface area contributed by atoms with E-state index in [-0.39, 0.29) is 30.0 Å². The standard InChI is InChI=1S/C26H34N6O.HI/c1-27-26(28-16-22-17-30-32(20-22)19-21-10-4-3-5-11-21)29-18-24(31-14-8-9-15-31)23-12-6-7-13-25(23)33-2;/h3-7,10-13,17,20,24H,8-9,14-16,18-19H2,1-2H3,(H2,27,28,29);1H. The summed E-state index contributed by atoms with van der Waals surface area (Å²) in [5, 5.41) is 11.4. The number of para-hydroxylation sites is 1. The second-order valence-electron chi connectivity index (χ2n) is 8.34. The Hall–Kier alpha value is -2.59.